The predicted molar refractivity (Wildman–Crippen MR) is 73.2 cm³/mol. The molecular weight excluding hydrogens is 244 g/mol. The fraction of sp³-hybridized carbons (Fsp3) is 0.533. The van der Waals surface area contributed by atoms with Gasteiger partial charge in [0.2, 0.25) is 0 Å². The maximum absolute atomic E-state index is 11.2. The molecule has 0 heterocycles. The Labute approximate surface area is 114 Å². The Morgan fingerprint density at radius 3 is 2.42 bits per heavy atom. The van der Waals surface area contributed by atoms with Crippen LogP contribution in [0.15, 0.2) is 24.3 Å². The SMILES string of the molecule is CCOC(=O)[C@@H](O)CCc1ccc(OC(C)C)cc1. The lowest BCUT2D eigenvalue weighted by Gasteiger charge is -2.11. The molecule has 0 saturated carbocycles. The highest BCUT2D eigenvalue weighted by Crippen LogP contribution is 2.15. The van der Waals surface area contributed by atoms with E-state index in [1.54, 1.807) is 6.92 Å². The Bertz CT molecular complexity index is 384. The van der Waals surface area contributed by atoms with Crippen molar-refractivity contribution in [3.05, 3.63) is 29.8 Å². The van der Waals surface area contributed by atoms with Crippen LogP contribution in [0.5, 0.6) is 5.75 Å². The van der Waals surface area contributed by atoms with E-state index in [1.807, 2.05) is 38.1 Å². The minimum absolute atomic E-state index is 0.150. The summed E-state index contributed by atoms with van der Waals surface area (Å²) in [5, 5.41) is 9.58. The van der Waals surface area contributed by atoms with Gasteiger partial charge in [-0.25, -0.2) is 4.79 Å². The molecule has 0 radical (unpaired) electrons. The van der Waals surface area contributed by atoms with Crippen molar-refractivity contribution in [1.29, 1.82) is 0 Å². The highest BCUT2D eigenvalue weighted by Gasteiger charge is 2.15. The quantitative estimate of drug-likeness (QED) is 0.770. The Kier molecular flexibility index (Phi) is 6.36. The first-order valence-electron chi connectivity index (χ1n) is 6.63. The smallest absolute Gasteiger partial charge is 0.334 e. The number of ether oxygens (including phenoxy) is 2. The number of hydrogen-bond acceptors (Lipinski definition) is 4. The van der Waals surface area contributed by atoms with E-state index < -0.39 is 12.1 Å². The van der Waals surface area contributed by atoms with Gasteiger partial charge in [0.1, 0.15) is 5.75 Å². The first kappa shape index (κ1) is 15.5. The number of aliphatic hydroxyl groups excluding tert-OH is 1. The zero-order valence-corrected chi connectivity index (χ0v) is 11.8. The summed E-state index contributed by atoms with van der Waals surface area (Å²) >= 11 is 0. The topological polar surface area (TPSA) is 55.8 Å². The lowest BCUT2D eigenvalue weighted by Crippen LogP contribution is -2.23. The molecular formula is C15H22O4. The predicted octanol–water partition coefficient (Wildman–Crippen LogP) is 2.33. The molecule has 1 aromatic rings. The van der Waals surface area contributed by atoms with Crippen molar-refractivity contribution in [3.8, 4) is 5.75 Å². The molecule has 0 fully saturated rings. The van der Waals surface area contributed by atoms with Crippen molar-refractivity contribution in [2.75, 3.05) is 6.61 Å². The molecule has 106 valence electrons. The zero-order chi connectivity index (χ0) is 14.3. The minimum atomic E-state index is -1.05. The molecule has 1 N–H and O–H groups in total. The summed E-state index contributed by atoms with van der Waals surface area (Å²) in [5.41, 5.74) is 1.06. The van der Waals surface area contributed by atoms with Gasteiger partial charge in [-0.15, -0.1) is 0 Å². The van der Waals surface area contributed by atoms with Crippen molar-refractivity contribution in [2.24, 2.45) is 0 Å². The highest BCUT2D eigenvalue weighted by atomic mass is 16.5. The van der Waals surface area contributed by atoms with Gasteiger partial charge in [0.15, 0.2) is 6.10 Å². The van der Waals surface area contributed by atoms with E-state index in [0.29, 0.717) is 12.8 Å². The largest absolute Gasteiger partial charge is 0.491 e. The average molecular weight is 266 g/mol. The molecule has 4 heteroatoms. The average Bonchev–Trinajstić information content (AvgIpc) is 2.37. The van der Waals surface area contributed by atoms with Crippen LogP contribution in [0.25, 0.3) is 0 Å². The third kappa shape index (κ3) is 5.75. The van der Waals surface area contributed by atoms with Gasteiger partial charge in [-0.2, -0.15) is 0 Å². The second-order valence-corrected chi connectivity index (χ2v) is 4.62. The van der Waals surface area contributed by atoms with E-state index in [9.17, 15) is 9.90 Å². The van der Waals surface area contributed by atoms with Crippen LogP contribution in [0.1, 0.15) is 32.8 Å². The normalized spacial score (nSPS) is 12.3. The van der Waals surface area contributed by atoms with Crippen LogP contribution in [0.2, 0.25) is 0 Å². The van der Waals surface area contributed by atoms with E-state index >= 15 is 0 Å². The van der Waals surface area contributed by atoms with Crippen LogP contribution in [-0.2, 0) is 16.0 Å². The molecule has 0 amide bonds. The van der Waals surface area contributed by atoms with Gasteiger partial charge in [0, 0.05) is 0 Å². The summed E-state index contributed by atoms with van der Waals surface area (Å²) in [6.07, 6.45) is 0.0913. The van der Waals surface area contributed by atoms with Crippen molar-refractivity contribution < 1.29 is 19.4 Å². The number of carbonyl (C=O) groups is 1. The number of aliphatic hydroxyl groups is 1. The van der Waals surface area contributed by atoms with E-state index in [0.717, 1.165) is 11.3 Å². The molecule has 0 bridgehead atoms. The van der Waals surface area contributed by atoms with Crippen LogP contribution in [0.3, 0.4) is 0 Å². The van der Waals surface area contributed by atoms with Crippen LogP contribution in [0, 0.1) is 0 Å². The third-order valence-electron chi connectivity index (χ3n) is 2.56. The second kappa shape index (κ2) is 7.79. The monoisotopic (exact) mass is 266 g/mol. The van der Waals surface area contributed by atoms with Gasteiger partial charge in [0.25, 0.3) is 0 Å². The number of carbonyl (C=O) groups excluding carboxylic acids is 1. The summed E-state index contributed by atoms with van der Waals surface area (Å²) in [4.78, 5) is 11.2. The first-order chi connectivity index (χ1) is 9.02. The molecule has 1 atom stereocenters. The highest BCUT2D eigenvalue weighted by molar-refractivity contribution is 5.74. The van der Waals surface area contributed by atoms with Gasteiger partial charge < -0.3 is 14.6 Å². The van der Waals surface area contributed by atoms with E-state index in [1.165, 1.54) is 0 Å². The molecule has 0 saturated heterocycles. The molecule has 0 aliphatic rings. The number of esters is 1. The molecule has 0 aliphatic heterocycles. The second-order valence-electron chi connectivity index (χ2n) is 4.62. The Hall–Kier alpha value is -1.55. The van der Waals surface area contributed by atoms with Crippen LogP contribution in [0.4, 0.5) is 0 Å². The number of hydrogen-bond donors (Lipinski definition) is 1. The summed E-state index contributed by atoms with van der Waals surface area (Å²) in [6, 6.07) is 7.67. The molecule has 0 unspecified atom stereocenters. The van der Waals surface area contributed by atoms with Crippen molar-refractivity contribution in [1.82, 2.24) is 0 Å². The van der Waals surface area contributed by atoms with Gasteiger partial charge in [-0.3, -0.25) is 0 Å². The van der Waals surface area contributed by atoms with Gasteiger partial charge >= 0.3 is 5.97 Å². The Morgan fingerprint density at radius 2 is 1.89 bits per heavy atom. The molecule has 4 nitrogen and oxygen atoms in total. The van der Waals surface area contributed by atoms with E-state index in [2.05, 4.69) is 0 Å². The maximum Gasteiger partial charge on any atom is 0.334 e. The van der Waals surface area contributed by atoms with Crippen LogP contribution in [-0.4, -0.2) is 29.9 Å². The van der Waals surface area contributed by atoms with Crippen LogP contribution < -0.4 is 4.74 Å². The summed E-state index contributed by atoms with van der Waals surface area (Å²) in [6.45, 7) is 5.96. The Morgan fingerprint density at radius 1 is 1.26 bits per heavy atom. The van der Waals surface area contributed by atoms with Gasteiger partial charge in [0.05, 0.1) is 12.7 Å². The molecule has 19 heavy (non-hydrogen) atoms. The van der Waals surface area contributed by atoms with Crippen molar-refractivity contribution in [3.63, 3.8) is 0 Å². The molecule has 0 aromatic heterocycles. The van der Waals surface area contributed by atoms with E-state index in [-0.39, 0.29) is 12.7 Å². The lowest BCUT2D eigenvalue weighted by atomic mass is 10.1. The first-order valence-corrected chi connectivity index (χ1v) is 6.63. The van der Waals surface area contributed by atoms with E-state index in [4.69, 9.17) is 9.47 Å². The third-order valence-corrected chi connectivity index (χ3v) is 2.56. The molecule has 1 rings (SSSR count). The Balaban J connectivity index is 2.43. The summed E-state index contributed by atoms with van der Waals surface area (Å²) in [5.74, 6) is 0.270. The van der Waals surface area contributed by atoms with Gasteiger partial charge in [-0.05, 0) is 51.3 Å². The minimum Gasteiger partial charge on any atom is -0.491 e. The maximum atomic E-state index is 11.2. The fourth-order valence-corrected chi connectivity index (χ4v) is 1.67. The number of benzene rings is 1. The molecule has 0 spiro atoms. The van der Waals surface area contributed by atoms with Crippen molar-refractivity contribution in [2.45, 2.75) is 45.8 Å². The lowest BCUT2D eigenvalue weighted by molar-refractivity contribution is -0.153. The number of aryl methyl sites for hydroxylation is 1. The number of rotatable bonds is 7. The van der Waals surface area contributed by atoms with Crippen molar-refractivity contribution >= 4 is 5.97 Å². The summed E-state index contributed by atoms with van der Waals surface area (Å²) in [7, 11) is 0. The fourth-order valence-electron chi connectivity index (χ4n) is 1.67. The molecule has 0 aliphatic carbocycles. The van der Waals surface area contributed by atoms with Crippen LogP contribution >= 0.6 is 0 Å². The zero-order valence-electron chi connectivity index (χ0n) is 11.8. The van der Waals surface area contributed by atoms with Gasteiger partial charge in [-0.1, -0.05) is 12.1 Å². The summed E-state index contributed by atoms with van der Waals surface area (Å²) < 4.78 is 10.3. The standard InChI is InChI=1S/C15H22O4/c1-4-18-15(17)14(16)10-7-12-5-8-13(9-6-12)19-11(2)3/h5-6,8-9,11,14,16H,4,7,10H2,1-3H3/t14-/m0/s1. The molecule has 1 aromatic carbocycles.